The summed E-state index contributed by atoms with van der Waals surface area (Å²) in [6.45, 7) is 0.425. The summed E-state index contributed by atoms with van der Waals surface area (Å²) in [5.41, 5.74) is 6.13. The summed E-state index contributed by atoms with van der Waals surface area (Å²) in [6.07, 6.45) is 5.22. The molecule has 146 valence electrons. The van der Waals surface area contributed by atoms with E-state index in [0.29, 0.717) is 37.9 Å². The zero-order chi connectivity index (χ0) is 19.6. The van der Waals surface area contributed by atoms with Gasteiger partial charge in [0.2, 0.25) is 23.6 Å². The first kappa shape index (κ1) is 18.9. The first-order valence-electron chi connectivity index (χ1n) is 9.01. The van der Waals surface area contributed by atoms with E-state index in [9.17, 15) is 19.2 Å². The maximum absolute atomic E-state index is 13.2. The minimum Gasteiger partial charge on any atom is -0.368 e. The second kappa shape index (κ2) is 7.77. The van der Waals surface area contributed by atoms with Crippen LogP contribution in [0.1, 0.15) is 31.4 Å². The Morgan fingerprint density at radius 2 is 2.19 bits per heavy atom. The van der Waals surface area contributed by atoms with E-state index >= 15 is 0 Å². The molecule has 2 fully saturated rings. The Labute approximate surface area is 156 Å². The summed E-state index contributed by atoms with van der Waals surface area (Å²) in [5.74, 6) is -1.37. The number of hydrogen-bond donors (Lipinski definition) is 3. The molecule has 3 rings (SSSR count). The lowest BCUT2D eigenvalue weighted by atomic mass is 10.1. The summed E-state index contributed by atoms with van der Waals surface area (Å²) in [5, 5.41) is 2.63. The van der Waals surface area contributed by atoms with Gasteiger partial charge in [-0.05, 0) is 19.3 Å². The molecule has 4 amide bonds. The fourth-order valence-electron chi connectivity index (χ4n) is 3.71. The third-order valence-corrected chi connectivity index (χ3v) is 5.23. The molecule has 3 heterocycles. The van der Waals surface area contributed by atoms with E-state index in [4.69, 9.17) is 5.73 Å². The average molecular weight is 376 g/mol. The molecule has 0 unspecified atom stereocenters. The van der Waals surface area contributed by atoms with Crippen molar-refractivity contribution in [3.8, 4) is 0 Å². The van der Waals surface area contributed by atoms with Crippen LogP contribution in [0.25, 0.3) is 0 Å². The molecule has 1 aromatic heterocycles. The van der Waals surface area contributed by atoms with Crippen molar-refractivity contribution >= 4 is 23.6 Å². The summed E-state index contributed by atoms with van der Waals surface area (Å²) in [4.78, 5) is 58.9. The molecule has 0 bridgehead atoms. The lowest BCUT2D eigenvalue weighted by Crippen LogP contribution is -2.56. The summed E-state index contributed by atoms with van der Waals surface area (Å²) >= 11 is 0. The van der Waals surface area contributed by atoms with Crippen molar-refractivity contribution in [1.82, 2.24) is 25.1 Å². The second-order valence-electron chi connectivity index (χ2n) is 7.00. The Bertz CT molecular complexity index is 734. The number of likely N-dealkylation sites (N-methyl/N-ethyl adjacent to an activating group) is 1. The van der Waals surface area contributed by atoms with Crippen LogP contribution in [0.3, 0.4) is 0 Å². The fraction of sp³-hybridized carbons (Fsp3) is 0.588. The lowest BCUT2D eigenvalue weighted by molar-refractivity contribution is -0.147. The number of H-pyrrole nitrogens is 1. The van der Waals surface area contributed by atoms with Crippen molar-refractivity contribution in [3.05, 3.63) is 18.2 Å². The maximum Gasteiger partial charge on any atom is 0.246 e. The van der Waals surface area contributed by atoms with Gasteiger partial charge in [-0.15, -0.1) is 0 Å². The largest absolute Gasteiger partial charge is 0.368 e. The summed E-state index contributed by atoms with van der Waals surface area (Å²) in [6, 6.07) is -2.11. The number of primary amides is 1. The lowest BCUT2D eigenvalue weighted by Gasteiger charge is -2.33. The van der Waals surface area contributed by atoms with E-state index in [1.807, 2.05) is 0 Å². The van der Waals surface area contributed by atoms with Crippen LogP contribution in [0, 0.1) is 0 Å². The van der Waals surface area contributed by atoms with Gasteiger partial charge in [0.1, 0.15) is 18.1 Å². The van der Waals surface area contributed by atoms with Gasteiger partial charge < -0.3 is 25.8 Å². The van der Waals surface area contributed by atoms with Crippen LogP contribution in [-0.2, 0) is 25.6 Å². The van der Waals surface area contributed by atoms with Crippen LogP contribution in [0.5, 0.6) is 0 Å². The summed E-state index contributed by atoms with van der Waals surface area (Å²) in [7, 11) is 1.54. The van der Waals surface area contributed by atoms with Gasteiger partial charge in [0.05, 0.1) is 6.33 Å². The fourth-order valence-corrected chi connectivity index (χ4v) is 3.71. The van der Waals surface area contributed by atoms with Crippen molar-refractivity contribution in [2.45, 2.75) is 50.2 Å². The number of nitrogens with zero attached hydrogens (tertiary/aromatic N) is 3. The molecule has 10 nitrogen and oxygen atoms in total. The predicted octanol–water partition coefficient (Wildman–Crippen LogP) is -1.47. The molecular weight excluding hydrogens is 352 g/mol. The number of carbonyl (C=O) groups excluding carboxylic acids is 4. The highest BCUT2D eigenvalue weighted by Crippen LogP contribution is 2.21. The van der Waals surface area contributed by atoms with Crippen LogP contribution in [0.15, 0.2) is 12.5 Å². The Kier molecular flexibility index (Phi) is 5.43. The van der Waals surface area contributed by atoms with E-state index in [2.05, 4.69) is 15.3 Å². The molecular formula is C17H24N6O4. The van der Waals surface area contributed by atoms with Crippen LogP contribution in [0.2, 0.25) is 0 Å². The quantitative estimate of drug-likeness (QED) is 0.556. The number of rotatable bonds is 6. The molecule has 0 spiro atoms. The maximum atomic E-state index is 13.2. The van der Waals surface area contributed by atoms with Gasteiger partial charge in [-0.3, -0.25) is 19.2 Å². The van der Waals surface area contributed by atoms with E-state index in [1.54, 1.807) is 13.2 Å². The van der Waals surface area contributed by atoms with Gasteiger partial charge >= 0.3 is 0 Å². The Hall–Kier alpha value is -2.91. The molecule has 27 heavy (non-hydrogen) atoms. The Morgan fingerprint density at radius 3 is 2.78 bits per heavy atom. The Morgan fingerprint density at radius 1 is 1.41 bits per heavy atom. The van der Waals surface area contributed by atoms with E-state index in [0.717, 1.165) is 0 Å². The molecule has 4 N–H and O–H groups in total. The topological polar surface area (TPSA) is 141 Å². The number of nitrogens with two attached hydrogens (primary N) is 1. The predicted molar refractivity (Wildman–Crippen MR) is 93.9 cm³/mol. The number of hydrogen-bond acceptors (Lipinski definition) is 5. The minimum atomic E-state index is -0.824. The molecule has 2 aliphatic rings. The molecule has 0 radical (unpaired) electrons. The van der Waals surface area contributed by atoms with Gasteiger partial charge in [0.25, 0.3) is 0 Å². The first-order valence-corrected chi connectivity index (χ1v) is 9.01. The number of nitrogens with one attached hydrogen (secondary N) is 2. The molecule has 0 aromatic carbocycles. The first-order chi connectivity index (χ1) is 12.9. The van der Waals surface area contributed by atoms with Gasteiger partial charge in [0.15, 0.2) is 0 Å². The molecule has 2 saturated heterocycles. The van der Waals surface area contributed by atoms with Gasteiger partial charge in [-0.1, -0.05) is 0 Å². The monoisotopic (exact) mass is 376 g/mol. The molecule has 0 saturated carbocycles. The van der Waals surface area contributed by atoms with E-state index < -0.39 is 24.0 Å². The van der Waals surface area contributed by atoms with Gasteiger partial charge in [0, 0.05) is 38.3 Å². The third-order valence-electron chi connectivity index (χ3n) is 5.23. The van der Waals surface area contributed by atoms with E-state index in [-0.39, 0.29) is 24.1 Å². The van der Waals surface area contributed by atoms with Crippen LogP contribution < -0.4 is 11.1 Å². The average Bonchev–Trinajstić information content (AvgIpc) is 3.38. The number of carbonyl (C=O) groups is 4. The van der Waals surface area contributed by atoms with E-state index in [1.165, 1.54) is 16.1 Å². The number of likely N-dealkylation sites (tertiary alicyclic amines) is 1. The number of aromatic nitrogens is 2. The zero-order valence-electron chi connectivity index (χ0n) is 15.2. The highest BCUT2D eigenvalue weighted by molar-refractivity contribution is 5.95. The second-order valence-corrected chi connectivity index (χ2v) is 7.00. The van der Waals surface area contributed by atoms with Crippen molar-refractivity contribution in [3.63, 3.8) is 0 Å². The molecule has 2 aliphatic heterocycles. The smallest absolute Gasteiger partial charge is 0.246 e. The van der Waals surface area contributed by atoms with Crippen molar-refractivity contribution in [2.75, 3.05) is 13.6 Å². The number of aromatic amines is 1. The highest BCUT2D eigenvalue weighted by atomic mass is 16.2. The highest BCUT2D eigenvalue weighted by Gasteiger charge is 2.40. The van der Waals surface area contributed by atoms with Crippen LogP contribution >= 0.6 is 0 Å². The molecule has 3 atom stereocenters. The molecule has 10 heteroatoms. The number of amides is 4. The normalized spacial score (nSPS) is 23.1. The zero-order valence-corrected chi connectivity index (χ0v) is 15.2. The minimum absolute atomic E-state index is 0.175. The van der Waals surface area contributed by atoms with Crippen LogP contribution in [-0.4, -0.2) is 75.1 Å². The van der Waals surface area contributed by atoms with Crippen molar-refractivity contribution in [1.29, 1.82) is 0 Å². The van der Waals surface area contributed by atoms with Crippen molar-refractivity contribution in [2.24, 2.45) is 5.73 Å². The Balaban J connectivity index is 1.81. The SMILES string of the molecule is CN(C(=O)[C@@H]1CCC(=O)N1)[C@@H](Cc1cnc[nH]1)C(=O)N1CCC[C@H]1C(N)=O. The van der Waals surface area contributed by atoms with Crippen LogP contribution in [0.4, 0.5) is 0 Å². The molecule has 0 aliphatic carbocycles. The number of imidazole rings is 1. The molecule has 1 aromatic rings. The van der Waals surface area contributed by atoms with Gasteiger partial charge in [-0.25, -0.2) is 4.98 Å². The van der Waals surface area contributed by atoms with Gasteiger partial charge in [-0.2, -0.15) is 0 Å². The summed E-state index contributed by atoms with van der Waals surface area (Å²) < 4.78 is 0. The van der Waals surface area contributed by atoms with Crippen molar-refractivity contribution < 1.29 is 19.2 Å². The third kappa shape index (κ3) is 3.93. The standard InChI is InChI=1S/C17H24N6O4/c1-22(16(26)11-4-5-14(24)21-11)13(7-10-8-19-9-20-10)17(27)23-6-2-3-12(23)15(18)25/h8-9,11-13H,2-7H2,1H3,(H2,18,25)(H,19,20)(H,21,24)/t11-,12-,13-/m0/s1.